The third-order valence-corrected chi connectivity index (χ3v) is 14.3. The summed E-state index contributed by atoms with van der Waals surface area (Å²) >= 11 is 0. The molecule has 1 fully saturated rings. The number of ether oxygens (including phenoxy) is 6. The van der Waals surface area contributed by atoms with Gasteiger partial charge in [0.2, 0.25) is 0 Å². The van der Waals surface area contributed by atoms with Gasteiger partial charge in [0.15, 0.2) is 12.1 Å². The summed E-state index contributed by atoms with van der Waals surface area (Å²) in [5.41, 5.74) is 0.880. The Morgan fingerprint density at radius 3 is 1.12 bits per heavy atom. The number of esters is 1. The molecule has 0 N–H and O–H groups in total. The number of hydrogen-bond acceptors (Lipinski definition) is 7. The van der Waals surface area contributed by atoms with E-state index in [9.17, 15) is 4.79 Å². The number of methoxy groups -OCH3 is 2. The number of benzene rings is 1. The van der Waals surface area contributed by atoms with Gasteiger partial charge in [-0.25, -0.2) is 0 Å². The van der Waals surface area contributed by atoms with Crippen LogP contribution in [-0.2, 0) is 30.3 Å². The quantitative estimate of drug-likeness (QED) is 0.0476. The molecular weight excluding hydrogens is 833 g/mol. The summed E-state index contributed by atoms with van der Waals surface area (Å²) in [6, 6.07) is 5.99. The molecule has 1 aromatic carbocycles. The van der Waals surface area contributed by atoms with Crippen molar-refractivity contribution in [2.24, 2.45) is 0 Å². The molecule has 7 nitrogen and oxygen atoms in total. The monoisotopic (exact) mass is 943 g/mol. The van der Waals surface area contributed by atoms with Crippen LogP contribution in [0.1, 0.15) is 302 Å². The van der Waals surface area contributed by atoms with Gasteiger partial charge in [-0.2, -0.15) is 0 Å². The summed E-state index contributed by atoms with van der Waals surface area (Å²) in [4.78, 5) is 12.9. The molecule has 1 unspecified atom stereocenters. The van der Waals surface area contributed by atoms with Crippen LogP contribution in [0.25, 0.3) is 0 Å². The molecule has 0 saturated carbocycles. The molecule has 0 aromatic heterocycles. The normalized spacial score (nSPS) is 16.0. The molecule has 2 rings (SSSR count). The first-order chi connectivity index (χ1) is 33.0. The zero-order valence-electron chi connectivity index (χ0n) is 44.9. The van der Waals surface area contributed by atoms with Crippen LogP contribution in [0.15, 0.2) is 18.2 Å². The maximum atomic E-state index is 12.9. The first-order valence-electron chi connectivity index (χ1n) is 29.3. The Balaban J connectivity index is 1.59. The van der Waals surface area contributed by atoms with Crippen LogP contribution in [0.5, 0.6) is 11.5 Å². The van der Waals surface area contributed by atoms with Crippen LogP contribution in [0.4, 0.5) is 0 Å². The van der Waals surface area contributed by atoms with Gasteiger partial charge in [-0.3, -0.25) is 4.79 Å². The van der Waals surface area contributed by atoms with Gasteiger partial charge in [0.1, 0.15) is 18.1 Å². The predicted octanol–water partition coefficient (Wildman–Crippen LogP) is 19.0. The molecule has 1 aromatic rings. The van der Waals surface area contributed by atoms with Gasteiger partial charge < -0.3 is 28.4 Å². The summed E-state index contributed by atoms with van der Waals surface area (Å²) < 4.78 is 35.3. The highest BCUT2D eigenvalue weighted by molar-refractivity contribution is 5.69. The van der Waals surface area contributed by atoms with Crippen molar-refractivity contribution in [1.29, 1.82) is 0 Å². The third kappa shape index (κ3) is 35.9. The second-order valence-electron chi connectivity index (χ2n) is 20.5. The Morgan fingerprint density at radius 2 is 0.821 bits per heavy atom. The van der Waals surface area contributed by atoms with Crippen LogP contribution in [-0.4, -0.2) is 45.5 Å². The molecule has 0 bridgehead atoms. The Hall–Kier alpha value is -1.83. The molecule has 1 aliphatic heterocycles. The number of unbranched alkanes of at least 4 members (excludes halogenated alkanes) is 38. The molecule has 0 radical (unpaired) electrons. The molecule has 0 spiro atoms. The fraction of sp³-hybridized carbons (Fsp3) is 0.883. The molecule has 2 atom stereocenters. The van der Waals surface area contributed by atoms with Crippen molar-refractivity contribution < 1.29 is 33.2 Å². The topological polar surface area (TPSA) is 72.5 Å². The summed E-state index contributed by atoms with van der Waals surface area (Å²) in [5.74, 6) is 0.496. The van der Waals surface area contributed by atoms with Gasteiger partial charge in [0, 0.05) is 39.5 Å². The lowest BCUT2D eigenvalue weighted by Crippen LogP contribution is -2.32. The molecule has 7 heteroatoms. The Bertz CT molecular complexity index is 1160. The van der Waals surface area contributed by atoms with E-state index >= 15 is 0 Å². The van der Waals surface area contributed by atoms with Crippen molar-refractivity contribution in [2.75, 3.05) is 27.4 Å². The van der Waals surface area contributed by atoms with Gasteiger partial charge in [0.05, 0.1) is 19.6 Å². The smallest absolute Gasteiger partial charge is 0.306 e. The summed E-state index contributed by atoms with van der Waals surface area (Å²) in [5, 5.41) is 0. The second-order valence-corrected chi connectivity index (χ2v) is 20.5. The van der Waals surface area contributed by atoms with Crippen molar-refractivity contribution in [3.05, 3.63) is 23.8 Å². The van der Waals surface area contributed by atoms with E-state index in [1.807, 2.05) is 18.2 Å². The van der Waals surface area contributed by atoms with Crippen LogP contribution < -0.4 is 9.47 Å². The molecule has 0 aliphatic carbocycles. The predicted molar refractivity (Wildman–Crippen MR) is 283 cm³/mol. The number of carbonyl (C=O) groups is 1. The first kappa shape index (κ1) is 61.3. The molecule has 392 valence electrons. The SMILES string of the molecule is CCCCCCCCCCCCCCCCCCCCCCOc1cc(COC(=O)CC[C@]2(OC)CCC(OC)O2)cc(OCCCCCCCCCCCCCCCCCCCCCC)c1. The van der Waals surface area contributed by atoms with Crippen LogP contribution in [0.3, 0.4) is 0 Å². The van der Waals surface area contributed by atoms with E-state index in [1.165, 1.54) is 244 Å². The first-order valence-corrected chi connectivity index (χ1v) is 29.3. The maximum absolute atomic E-state index is 12.9. The summed E-state index contributed by atoms with van der Waals surface area (Å²) in [6.45, 7) is 6.13. The van der Waals surface area contributed by atoms with Gasteiger partial charge >= 0.3 is 5.97 Å². The van der Waals surface area contributed by atoms with E-state index in [-0.39, 0.29) is 25.3 Å². The lowest BCUT2D eigenvalue weighted by molar-refractivity contribution is -0.259. The van der Waals surface area contributed by atoms with Crippen molar-refractivity contribution in [3.63, 3.8) is 0 Å². The molecular formula is C60H110O7. The second kappa shape index (κ2) is 45.3. The third-order valence-electron chi connectivity index (χ3n) is 14.3. The Labute approximate surface area is 415 Å². The lowest BCUT2D eigenvalue weighted by atomic mass is 10.0. The fourth-order valence-electron chi connectivity index (χ4n) is 9.80. The van der Waals surface area contributed by atoms with E-state index in [1.54, 1.807) is 14.2 Å². The number of carbonyl (C=O) groups excluding carboxylic acids is 1. The van der Waals surface area contributed by atoms with Gasteiger partial charge in [0.25, 0.3) is 0 Å². The summed E-state index contributed by atoms with van der Waals surface area (Å²) in [6.07, 6.45) is 56.9. The molecule has 1 heterocycles. The lowest BCUT2D eigenvalue weighted by Gasteiger charge is -2.27. The molecule has 67 heavy (non-hydrogen) atoms. The minimum atomic E-state index is -0.800. The van der Waals surface area contributed by atoms with Crippen molar-refractivity contribution in [2.45, 2.75) is 315 Å². The minimum Gasteiger partial charge on any atom is -0.493 e. The van der Waals surface area contributed by atoms with E-state index in [0.29, 0.717) is 26.1 Å². The van der Waals surface area contributed by atoms with Crippen molar-refractivity contribution >= 4 is 5.97 Å². The van der Waals surface area contributed by atoms with Crippen molar-refractivity contribution in [1.82, 2.24) is 0 Å². The maximum Gasteiger partial charge on any atom is 0.306 e. The van der Waals surface area contributed by atoms with Crippen LogP contribution in [0.2, 0.25) is 0 Å². The molecule has 1 aliphatic rings. The van der Waals surface area contributed by atoms with E-state index in [0.717, 1.165) is 36.3 Å². The Kier molecular flexibility index (Phi) is 41.5. The average Bonchev–Trinajstić information content (AvgIpc) is 3.77. The average molecular weight is 944 g/mol. The number of rotatable bonds is 51. The zero-order valence-corrected chi connectivity index (χ0v) is 44.9. The van der Waals surface area contributed by atoms with Crippen molar-refractivity contribution in [3.8, 4) is 11.5 Å². The zero-order chi connectivity index (χ0) is 48.0. The summed E-state index contributed by atoms with van der Waals surface area (Å²) in [7, 11) is 3.26. The van der Waals surface area contributed by atoms with Gasteiger partial charge in [-0.15, -0.1) is 0 Å². The highest BCUT2D eigenvalue weighted by atomic mass is 16.8. The number of hydrogen-bond donors (Lipinski definition) is 0. The van der Waals surface area contributed by atoms with E-state index in [2.05, 4.69) is 13.8 Å². The van der Waals surface area contributed by atoms with E-state index < -0.39 is 5.79 Å². The Morgan fingerprint density at radius 1 is 0.493 bits per heavy atom. The van der Waals surface area contributed by atoms with Crippen LogP contribution >= 0.6 is 0 Å². The fourth-order valence-corrected chi connectivity index (χ4v) is 9.80. The van der Waals surface area contributed by atoms with E-state index in [4.69, 9.17) is 28.4 Å². The van der Waals surface area contributed by atoms with Gasteiger partial charge in [-0.1, -0.05) is 258 Å². The highest BCUT2D eigenvalue weighted by Gasteiger charge is 2.41. The standard InChI is InChI=1S/C60H110O7/c1-5-7-9-11-13-15-17-19-21-23-25-27-29-31-33-35-37-39-41-43-49-64-56-51-55(54-66-58(61)45-47-60(63-4)48-46-59(62-3)67-60)52-57(53-56)65-50-44-42-40-38-36-34-32-30-28-26-24-22-20-18-16-14-12-10-8-6-2/h51-53,59H,5-50,54H2,1-4H3/t59?,60-/m1/s1. The largest absolute Gasteiger partial charge is 0.493 e. The van der Waals surface area contributed by atoms with Crippen LogP contribution in [0, 0.1) is 0 Å². The highest BCUT2D eigenvalue weighted by Crippen LogP contribution is 2.35. The molecule has 1 saturated heterocycles. The minimum absolute atomic E-state index is 0.173. The van der Waals surface area contributed by atoms with Gasteiger partial charge in [-0.05, 0) is 30.5 Å². The molecule has 0 amide bonds.